The summed E-state index contributed by atoms with van der Waals surface area (Å²) in [5.74, 6) is -0.215. The molecule has 1 amide bonds. The number of rotatable bonds is 10. The fourth-order valence-electron chi connectivity index (χ4n) is 2.84. The lowest BCUT2D eigenvalue weighted by atomic mass is 10.1. The lowest BCUT2D eigenvalue weighted by molar-refractivity contribution is -0.119. The van der Waals surface area contributed by atoms with Crippen molar-refractivity contribution in [2.75, 3.05) is 0 Å². The van der Waals surface area contributed by atoms with Crippen molar-refractivity contribution in [1.29, 1.82) is 0 Å². The Labute approximate surface area is 179 Å². The van der Waals surface area contributed by atoms with Crippen molar-refractivity contribution < 1.29 is 23.0 Å². The van der Waals surface area contributed by atoms with E-state index in [0.717, 1.165) is 5.56 Å². The predicted molar refractivity (Wildman–Crippen MR) is 113 cm³/mol. The van der Waals surface area contributed by atoms with Crippen molar-refractivity contribution in [2.24, 2.45) is 5.73 Å². The molecule has 1 atom stereocenters. The molecular weight excluding hydrogens is 402 g/mol. The Bertz CT molecular complexity index is 1040. The molecule has 0 saturated heterocycles. The molecule has 3 rings (SSSR count). The van der Waals surface area contributed by atoms with Crippen LogP contribution in [0.4, 0.5) is 8.78 Å². The average molecular weight is 426 g/mol. The number of nitrogens with one attached hydrogen (secondary N) is 1. The van der Waals surface area contributed by atoms with Gasteiger partial charge in [0.05, 0.1) is 6.04 Å². The summed E-state index contributed by atoms with van der Waals surface area (Å²) in [6.07, 6.45) is 0. The van der Waals surface area contributed by atoms with E-state index in [9.17, 15) is 13.6 Å². The van der Waals surface area contributed by atoms with Crippen LogP contribution in [-0.4, -0.2) is 11.9 Å². The summed E-state index contributed by atoms with van der Waals surface area (Å²) in [5, 5.41) is 3.03. The van der Waals surface area contributed by atoms with Crippen molar-refractivity contribution in [3.8, 4) is 11.5 Å². The Balaban J connectivity index is 1.75. The Hall–Kier alpha value is -3.45. The first-order valence-electron chi connectivity index (χ1n) is 9.81. The zero-order chi connectivity index (χ0) is 22.2. The van der Waals surface area contributed by atoms with Crippen LogP contribution >= 0.6 is 0 Å². The highest BCUT2D eigenvalue weighted by atomic mass is 19.1. The number of benzene rings is 3. The molecule has 0 aliphatic heterocycles. The van der Waals surface area contributed by atoms with Crippen molar-refractivity contribution in [3.05, 3.63) is 95.1 Å². The van der Waals surface area contributed by atoms with Crippen LogP contribution in [0.2, 0.25) is 0 Å². The van der Waals surface area contributed by atoms with Crippen LogP contribution in [0.15, 0.2) is 66.7 Å². The van der Waals surface area contributed by atoms with Gasteiger partial charge in [0.15, 0.2) is 11.5 Å². The fourth-order valence-corrected chi connectivity index (χ4v) is 2.84. The zero-order valence-corrected chi connectivity index (χ0v) is 17.1. The Kier molecular flexibility index (Phi) is 7.56. The molecule has 0 aliphatic carbocycles. The summed E-state index contributed by atoms with van der Waals surface area (Å²) in [5.41, 5.74) is 7.47. The highest BCUT2D eigenvalue weighted by molar-refractivity contribution is 5.79. The van der Waals surface area contributed by atoms with Gasteiger partial charge < -0.3 is 20.5 Å². The lowest BCUT2D eigenvalue weighted by Gasteiger charge is -2.16. The Morgan fingerprint density at radius 3 is 2.00 bits per heavy atom. The number of carbonyl (C=O) groups is 1. The molecule has 0 bridgehead atoms. The Morgan fingerprint density at radius 2 is 1.45 bits per heavy atom. The minimum Gasteiger partial charge on any atom is -0.485 e. The third kappa shape index (κ3) is 6.79. The van der Waals surface area contributed by atoms with Gasteiger partial charge in [-0.25, -0.2) is 8.78 Å². The second-order valence-electron chi connectivity index (χ2n) is 7.12. The highest BCUT2D eigenvalue weighted by Crippen LogP contribution is 2.30. The molecule has 3 aromatic carbocycles. The standard InChI is InChI=1S/C24H24F2N2O3/c1-16(24(27)29)28-13-17-8-9-22(30-14-18-4-2-6-20(25)10-18)23(12-17)31-15-19-5-3-7-21(26)11-19/h2-12,16,28H,13-15H2,1H3,(H2,27,29)/t16-/m0/s1. The Morgan fingerprint density at radius 1 is 0.871 bits per heavy atom. The minimum atomic E-state index is -0.486. The van der Waals surface area contributed by atoms with Crippen molar-refractivity contribution >= 4 is 5.91 Å². The molecule has 162 valence electrons. The van der Waals surface area contributed by atoms with Gasteiger partial charge >= 0.3 is 0 Å². The largest absolute Gasteiger partial charge is 0.485 e. The molecule has 5 nitrogen and oxygen atoms in total. The third-order valence-corrected chi connectivity index (χ3v) is 4.61. The fraction of sp³-hybridized carbons (Fsp3) is 0.208. The molecule has 31 heavy (non-hydrogen) atoms. The van der Waals surface area contributed by atoms with Gasteiger partial charge in [0.2, 0.25) is 5.91 Å². The van der Waals surface area contributed by atoms with Gasteiger partial charge in [0.1, 0.15) is 24.8 Å². The van der Waals surface area contributed by atoms with Gasteiger partial charge in [-0.3, -0.25) is 4.79 Å². The first-order chi connectivity index (χ1) is 14.9. The van der Waals surface area contributed by atoms with Crippen LogP contribution in [0.25, 0.3) is 0 Å². The average Bonchev–Trinajstić information content (AvgIpc) is 2.75. The minimum absolute atomic E-state index is 0.142. The van der Waals surface area contributed by atoms with Crippen LogP contribution in [0, 0.1) is 11.6 Å². The van der Waals surface area contributed by atoms with E-state index in [1.807, 2.05) is 6.07 Å². The summed E-state index contributed by atoms with van der Waals surface area (Å²) in [6, 6.07) is 17.1. The molecule has 0 unspecified atom stereocenters. The van der Waals surface area contributed by atoms with Gasteiger partial charge in [0.25, 0.3) is 0 Å². The second kappa shape index (κ2) is 10.5. The molecule has 0 saturated carbocycles. The molecule has 0 aromatic heterocycles. The number of ether oxygens (including phenoxy) is 2. The van der Waals surface area contributed by atoms with Crippen molar-refractivity contribution in [2.45, 2.75) is 32.7 Å². The van der Waals surface area contributed by atoms with E-state index in [0.29, 0.717) is 29.2 Å². The third-order valence-electron chi connectivity index (χ3n) is 4.61. The smallest absolute Gasteiger partial charge is 0.234 e. The van der Waals surface area contributed by atoms with Crippen LogP contribution in [0.3, 0.4) is 0 Å². The SMILES string of the molecule is C[C@H](NCc1ccc(OCc2cccc(F)c2)c(OCc2cccc(F)c2)c1)C(N)=O. The number of halogens is 2. The summed E-state index contributed by atoms with van der Waals surface area (Å²) >= 11 is 0. The first kappa shape index (κ1) is 22.2. The van der Waals surface area contributed by atoms with E-state index >= 15 is 0 Å². The van der Waals surface area contributed by atoms with Gasteiger partial charge in [0, 0.05) is 6.54 Å². The van der Waals surface area contributed by atoms with E-state index in [-0.39, 0.29) is 24.8 Å². The van der Waals surface area contributed by atoms with Crippen molar-refractivity contribution in [1.82, 2.24) is 5.32 Å². The quantitative estimate of drug-likeness (QED) is 0.512. The second-order valence-corrected chi connectivity index (χ2v) is 7.12. The van der Waals surface area contributed by atoms with E-state index in [2.05, 4.69) is 5.32 Å². The summed E-state index contributed by atoms with van der Waals surface area (Å²) < 4.78 is 38.6. The van der Waals surface area contributed by atoms with Crippen LogP contribution in [0.1, 0.15) is 23.6 Å². The normalized spacial score (nSPS) is 11.7. The molecule has 0 radical (unpaired) electrons. The summed E-state index contributed by atoms with van der Waals surface area (Å²) in [7, 11) is 0. The molecule has 0 heterocycles. The maximum atomic E-state index is 13.5. The van der Waals surface area contributed by atoms with Gasteiger partial charge in [-0.2, -0.15) is 0 Å². The van der Waals surface area contributed by atoms with E-state index < -0.39 is 11.9 Å². The summed E-state index contributed by atoms with van der Waals surface area (Å²) in [6.45, 7) is 2.37. The maximum absolute atomic E-state index is 13.5. The van der Waals surface area contributed by atoms with Gasteiger partial charge in [-0.1, -0.05) is 30.3 Å². The predicted octanol–water partition coefficient (Wildman–Crippen LogP) is 4.09. The van der Waals surface area contributed by atoms with Crippen LogP contribution in [-0.2, 0) is 24.6 Å². The first-order valence-corrected chi connectivity index (χ1v) is 9.81. The van der Waals surface area contributed by atoms with Gasteiger partial charge in [-0.05, 0) is 60.0 Å². The molecule has 0 fully saturated rings. The monoisotopic (exact) mass is 426 g/mol. The number of amides is 1. The molecule has 7 heteroatoms. The molecule has 3 N–H and O–H groups in total. The zero-order valence-electron chi connectivity index (χ0n) is 17.1. The maximum Gasteiger partial charge on any atom is 0.234 e. The van der Waals surface area contributed by atoms with Crippen LogP contribution < -0.4 is 20.5 Å². The van der Waals surface area contributed by atoms with Crippen LogP contribution in [0.5, 0.6) is 11.5 Å². The molecular formula is C24H24F2N2O3. The molecule has 3 aromatic rings. The number of carbonyl (C=O) groups excluding carboxylic acids is 1. The highest BCUT2D eigenvalue weighted by Gasteiger charge is 2.11. The van der Waals surface area contributed by atoms with E-state index in [4.69, 9.17) is 15.2 Å². The van der Waals surface area contributed by atoms with Crippen molar-refractivity contribution in [3.63, 3.8) is 0 Å². The lowest BCUT2D eigenvalue weighted by Crippen LogP contribution is -2.38. The van der Waals surface area contributed by atoms with E-state index in [1.54, 1.807) is 43.3 Å². The number of nitrogens with two attached hydrogens (primary N) is 1. The topological polar surface area (TPSA) is 73.6 Å². The summed E-state index contributed by atoms with van der Waals surface area (Å²) in [4.78, 5) is 11.2. The van der Waals surface area contributed by atoms with Gasteiger partial charge in [-0.15, -0.1) is 0 Å². The number of hydrogen-bond acceptors (Lipinski definition) is 4. The number of primary amides is 1. The molecule has 0 spiro atoms. The number of hydrogen-bond donors (Lipinski definition) is 2. The molecule has 0 aliphatic rings. The van der Waals surface area contributed by atoms with E-state index in [1.165, 1.54) is 24.3 Å².